The number of amides is 2. The topological polar surface area (TPSA) is 158 Å². The number of hydrogen-bond acceptors (Lipinski definition) is 8. The number of nitrogens with zero attached hydrogens (tertiary/aromatic N) is 1. The highest BCUT2D eigenvalue weighted by atomic mass is 35.5. The number of nitrogens with two attached hydrogens (primary N) is 1. The van der Waals surface area contributed by atoms with Crippen LogP contribution in [0.25, 0.3) is 0 Å². The first kappa shape index (κ1) is 41.9. The second-order valence-electron chi connectivity index (χ2n) is 11.6. The minimum atomic E-state index is -0.970. The van der Waals surface area contributed by atoms with Crippen molar-refractivity contribution in [1.82, 2.24) is 4.90 Å². The zero-order valence-corrected chi connectivity index (χ0v) is 29.3. The number of hydrogen-bond donors (Lipinski definition) is 3. The van der Waals surface area contributed by atoms with Crippen LogP contribution in [0.5, 0.6) is 0 Å². The van der Waals surface area contributed by atoms with Crippen LogP contribution in [0, 0.1) is 0 Å². The zero-order chi connectivity index (χ0) is 35.2. The predicted octanol–water partition coefficient (Wildman–Crippen LogP) is 6.53. The Balaban J connectivity index is 0.000000491. The van der Waals surface area contributed by atoms with E-state index in [2.05, 4.69) is 0 Å². The molecule has 0 bridgehead atoms. The van der Waals surface area contributed by atoms with Gasteiger partial charge in [-0.25, -0.2) is 14.4 Å². The summed E-state index contributed by atoms with van der Waals surface area (Å²) in [6, 6.07) is 15.1. The molecule has 13 heteroatoms. The number of benzene rings is 2. The number of carbonyl (C=O) groups excluding carboxylic acids is 2. The van der Waals surface area contributed by atoms with E-state index in [9.17, 15) is 14.4 Å². The van der Waals surface area contributed by atoms with Gasteiger partial charge in [0.1, 0.15) is 5.60 Å². The van der Waals surface area contributed by atoms with E-state index in [0.717, 1.165) is 24.0 Å². The number of carboxylic acids is 1. The van der Waals surface area contributed by atoms with Gasteiger partial charge in [0.15, 0.2) is 6.10 Å². The van der Waals surface area contributed by atoms with Crippen molar-refractivity contribution in [2.75, 3.05) is 39.5 Å². The average Bonchev–Trinajstić information content (AvgIpc) is 2.99. The molecule has 11 nitrogen and oxygen atoms in total. The molecule has 0 aromatic heterocycles. The molecule has 0 aliphatic heterocycles. The number of ether oxygens (including phenoxy) is 4. The third-order valence-electron chi connectivity index (χ3n) is 6.52. The van der Waals surface area contributed by atoms with Crippen LogP contribution >= 0.6 is 23.2 Å². The molecule has 4 N–H and O–H groups in total. The molecule has 0 aliphatic carbocycles. The molecule has 2 atom stereocenters. The van der Waals surface area contributed by atoms with Crippen LogP contribution in [0.4, 0.5) is 9.59 Å². The normalized spacial score (nSPS) is 12.3. The van der Waals surface area contributed by atoms with E-state index in [0.29, 0.717) is 48.8 Å². The van der Waals surface area contributed by atoms with Crippen molar-refractivity contribution < 1.29 is 43.5 Å². The molecule has 0 spiro atoms. The number of rotatable bonds is 19. The lowest BCUT2D eigenvalue weighted by Gasteiger charge is -2.27. The number of carbonyl (C=O) groups is 3. The summed E-state index contributed by atoms with van der Waals surface area (Å²) in [5.41, 5.74) is 6.47. The Morgan fingerprint density at radius 1 is 0.894 bits per heavy atom. The Bertz CT molecular complexity index is 1210. The molecule has 2 aromatic carbocycles. The summed E-state index contributed by atoms with van der Waals surface area (Å²) in [6.45, 7) is 8.82. The fourth-order valence-corrected chi connectivity index (χ4v) is 4.69. The quantitative estimate of drug-likeness (QED) is 0.139. The summed E-state index contributed by atoms with van der Waals surface area (Å²) in [6.07, 6.45) is 1.58. The number of halogens is 2. The summed E-state index contributed by atoms with van der Waals surface area (Å²) in [5.74, 6) is -0.970. The monoisotopic (exact) mass is 700 g/mol. The van der Waals surface area contributed by atoms with Gasteiger partial charge in [0.25, 0.3) is 0 Å². The average molecular weight is 702 g/mol. The minimum Gasteiger partial charge on any atom is -0.479 e. The molecule has 0 saturated heterocycles. The van der Waals surface area contributed by atoms with Gasteiger partial charge in [-0.05, 0) is 88.3 Å². The van der Waals surface area contributed by atoms with E-state index in [1.165, 1.54) is 0 Å². The van der Waals surface area contributed by atoms with Gasteiger partial charge in [-0.3, -0.25) is 0 Å². The van der Waals surface area contributed by atoms with Crippen molar-refractivity contribution >= 4 is 41.4 Å². The van der Waals surface area contributed by atoms with Gasteiger partial charge in [-0.2, -0.15) is 0 Å². The summed E-state index contributed by atoms with van der Waals surface area (Å²) >= 11 is 11.9. The molecule has 0 saturated carbocycles. The first-order valence-electron chi connectivity index (χ1n) is 15.7. The Kier molecular flexibility index (Phi) is 20.8. The molecule has 47 heavy (non-hydrogen) atoms. The molecule has 264 valence electrons. The number of aliphatic hydroxyl groups excluding tert-OH is 1. The highest BCUT2D eigenvalue weighted by Crippen LogP contribution is 2.16. The fraction of sp³-hybridized carbons (Fsp3) is 0.559. The van der Waals surface area contributed by atoms with Crippen LogP contribution < -0.4 is 5.73 Å². The van der Waals surface area contributed by atoms with Crippen molar-refractivity contribution in [2.24, 2.45) is 5.73 Å². The van der Waals surface area contributed by atoms with Crippen LogP contribution in [0.15, 0.2) is 48.5 Å². The van der Waals surface area contributed by atoms with E-state index in [1.54, 1.807) is 17.9 Å². The minimum absolute atomic E-state index is 0.0374. The van der Waals surface area contributed by atoms with Gasteiger partial charge < -0.3 is 39.8 Å². The van der Waals surface area contributed by atoms with Crippen molar-refractivity contribution in [3.8, 4) is 0 Å². The molecular weight excluding hydrogens is 651 g/mol. The standard InChI is InChI=1S/C20H30ClNO5.C14H20ClNO4/c1-5-17(18(23)24)26-13-7-11-22(19(25)27-20(2,3)4)12-10-15-8-6-9-16(21)14-15;15-12-3-1-2-11(10-12)4-5-13(19-9-7-17)6-8-20-14(16)18/h6,8-9,14,17H,5,7,10-13H2,1-4H3,(H,23,24);1-3,10,13,17H,4-9H2,(H2,16,18). The Morgan fingerprint density at radius 3 is 2.02 bits per heavy atom. The third-order valence-corrected chi connectivity index (χ3v) is 6.99. The third kappa shape index (κ3) is 20.7. The zero-order valence-electron chi connectivity index (χ0n) is 27.8. The Labute approximate surface area is 288 Å². The first-order chi connectivity index (χ1) is 22.2. The van der Waals surface area contributed by atoms with Crippen LogP contribution in [-0.4, -0.2) is 90.6 Å². The van der Waals surface area contributed by atoms with Gasteiger partial charge in [0, 0.05) is 36.2 Å². The summed E-state index contributed by atoms with van der Waals surface area (Å²) < 4.78 is 21.1. The number of carboxylic acid groups (broad SMARTS) is 1. The number of primary amides is 1. The molecule has 2 amide bonds. The van der Waals surface area contributed by atoms with Gasteiger partial charge in [-0.15, -0.1) is 0 Å². The van der Waals surface area contributed by atoms with Gasteiger partial charge in [0.05, 0.1) is 25.9 Å². The molecule has 2 unspecified atom stereocenters. The molecule has 2 aromatic rings. The van der Waals surface area contributed by atoms with Gasteiger partial charge in [-0.1, -0.05) is 54.4 Å². The van der Waals surface area contributed by atoms with Gasteiger partial charge >= 0.3 is 18.2 Å². The van der Waals surface area contributed by atoms with Crippen LogP contribution in [0.1, 0.15) is 64.5 Å². The molecule has 0 radical (unpaired) electrons. The van der Waals surface area contributed by atoms with E-state index < -0.39 is 29.9 Å². The lowest BCUT2D eigenvalue weighted by molar-refractivity contribution is -0.150. The molecule has 2 rings (SSSR count). The second-order valence-corrected chi connectivity index (χ2v) is 12.5. The van der Waals surface area contributed by atoms with Crippen LogP contribution in [0.3, 0.4) is 0 Å². The smallest absolute Gasteiger partial charge is 0.410 e. The highest BCUT2D eigenvalue weighted by molar-refractivity contribution is 6.30. The maximum atomic E-state index is 12.5. The number of aryl methyl sites for hydroxylation is 1. The van der Waals surface area contributed by atoms with Crippen molar-refractivity contribution in [1.29, 1.82) is 0 Å². The number of aliphatic hydroxyl groups is 1. The maximum Gasteiger partial charge on any atom is 0.410 e. The molecule has 0 heterocycles. The second kappa shape index (κ2) is 23.3. The number of aliphatic carboxylic acids is 1. The largest absolute Gasteiger partial charge is 0.479 e. The van der Waals surface area contributed by atoms with E-state index in [1.807, 2.05) is 63.2 Å². The predicted molar refractivity (Wildman–Crippen MR) is 182 cm³/mol. The summed E-state index contributed by atoms with van der Waals surface area (Å²) in [4.78, 5) is 35.6. The summed E-state index contributed by atoms with van der Waals surface area (Å²) in [7, 11) is 0. The van der Waals surface area contributed by atoms with E-state index in [-0.39, 0.29) is 32.5 Å². The SMILES string of the molecule is CCC(OCCCN(CCc1cccc(Cl)c1)C(=O)OC(C)(C)C)C(=O)O.NC(=O)OCCC(CCc1cccc(Cl)c1)OCCO. The molecule has 0 aliphatic rings. The highest BCUT2D eigenvalue weighted by Gasteiger charge is 2.22. The Morgan fingerprint density at radius 2 is 1.51 bits per heavy atom. The molecule has 0 fully saturated rings. The van der Waals surface area contributed by atoms with Crippen molar-refractivity contribution in [3.63, 3.8) is 0 Å². The van der Waals surface area contributed by atoms with E-state index in [4.69, 9.17) is 58.1 Å². The van der Waals surface area contributed by atoms with Crippen LogP contribution in [0.2, 0.25) is 10.0 Å². The van der Waals surface area contributed by atoms with E-state index >= 15 is 0 Å². The van der Waals surface area contributed by atoms with Gasteiger partial charge in [0.2, 0.25) is 0 Å². The first-order valence-corrected chi connectivity index (χ1v) is 16.5. The van der Waals surface area contributed by atoms with Crippen molar-refractivity contribution in [2.45, 2.75) is 84.0 Å². The maximum absolute atomic E-state index is 12.5. The summed E-state index contributed by atoms with van der Waals surface area (Å²) in [5, 5.41) is 19.2. The Hall–Kier alpha value is -3.09. The lowest BCUT2D eigenvalue weighted by atomic mass is 10.1. The molecular formula is C34H50Cl2N2O9. The van der Waals surface area contributed by atoms with Crippen molar-refractivity contribution in [3.05, 3.63) is 69.7 Å². The fourth-order valence-electron chi connectivity index (χ4n) is 4.26. The lowest BCUT2D eigenvalue weighted by Crippen LogP contribution is -2.39. The van der Waals surface area contributed by atoms with Crippen LogP contribution in [-0.2, 0) is 36.6 Å².